The fraction of sp³-hybridized carbons (Fsp3) is 0.941. The molecule has 0 saturated carbocycles. The number of likely N-dealkylation sites (tertiary alicyclic amines) is 1. The highest BCUT2D eigenvalue weighted by Gasteiger charge is 2.36. The summed E-state index contributed by atoms with van der Waals surface area (Å²) in [5.41, 5.74) is -0.466. The molecular formula is C17H34N2O3S. The standard InChI is InChI=1S/C17H34N2O3S/c1-12-11-14(13(2)18-23(21)17(6,7)8)9-10-19(12)15(20)22-16(3,4)5/h12-14,18H,9-11H2,1-8H3. The summed E-state index contributed by atoms with van der Waals surface area (Å²) in [4.78, 5) is 14.1. The molecule has 4 atom stereocenters. The van der Waals surface area contributed by atoms with Gasteiger partial charge in [-0.3, -0.25) is 0 Å². The number of ether oxygens (including phenoxy) is 1. The van der Waals surface area contributed by atoms with Gasteiger partial charge in [0, 0.05) is 23.9 Å². The number of rotatable bonds is 3. The molecule has 1 N–H and O–H groups in total. The minimum Gasteiger partial charge on any atom is -0.598 e. The van der Waals surface area contributed by atoms with Crippen molar-refractivity contribution in [3.63, 3.8) is 0 Å². The fourth-order valence-electron chi connectivity index (χ4n) is 2.70. The molecule has 0 aromatic heterocycles. The summed E-state index contributed by atoms with van der Waals surface area (Å²) in [5.74, 6) is 0.412. The quantitative estimate of drug-likeness (QED) is 0.795. The van der Waals surface area contributed by atoms with Gasteiger partial charge in [0.25, 0.3) is 0 Å². The zero-order valence-electron chi connectivity index (χ0n) is 15.9. The fourth-order valence-corrected chi connectivity index (χ4v) is 3.58. The molecule has 1 aliphatic heterocycles. The van der Waals surface area contributed by atoms with Crippen LogP contribution in [0.4, 0.5) is 4.79 Å². The monoisotopic (exact) mass is 346 g/mol. The van der Waals surface area contributed by atoms with Crippen molar-refractivity contribution < 1.29 is 14.1 Å². The Labute approximate surface area is 144 Å². The SMILES string of the molecule is CC(N[S+]([O-])C(C)(C)C)C1CCN(C(=O)OC(C)(C)C)C(C)C1. The Bertz CT molecular complexity index is 404. The highest BCUT2D eigenvalue weighted by Crippen LogP contribution is 2.28. The third-order valence-electron chi connectivity index (χ3n) is 4.10. The Kier molecular flexibility index (Phi) is 6.82. The van der Waals surface area contributed by atoms with Gasteiger partial charge < -0.3 is 14.2 Å². The molecule has 0 aliphatic carbocycles. The van der Waals surface area contributed by atoms with E-state index in [1.807, 2.05) is 46.4 Å². The van der Waals surface area contributed by atoms with E-state index in [1.54, 1.807) is 0 Å². The zero-order valence-corrected chi connectivity index (χ0v) is 16.8. The van der Waals surface area contributed by atoms with E-state index < -0.39 is 17.0 Å². The number of amides is 1. The molecule has 23 heavy (non-hydrogen) atoms. The molecule has 0 aromatic carbocycles. The van der Waals surface area contributed by atoms with Gasteiger partial charge in [0.05, 0.1) is 6.04 Å². The van der Waals surface area contributed by atoms with Crippen LogP contribution >= 0.6 is 0 Å². The molecule has 0 spiro atoms. The lowest BCUT2D eigenvalue weighted by molar-refractivity contribution is 0.00573. The van der Waals surface area contributed by atoms with E-state index in [1.165, 1.54) is 0 Å². The van der Waals surface area contributed by atoms with E-state index >= 15 is 0 Å². The van der Waals surface area contributed by atoms with Gasteiger partial charge in [-0.1, -0.05) is 0 Å². The van der Waals surface area contributed by atoms with E-state index in [9.17, 15) is 9.35 Å². The van der Waals surface area contributed by atoms with E-state index in [4.69, 9.17) is 4.74 Å². The van der Waals surface area contributed by atoms with Gasteiger partial charge in [-0.25, -0.2) is 4.79 Å². The van der Waals surface area contributed by atoms with Gasteiger partial charge in [-0.15, -0.1) is 4.72 Å². The van der Waals surface area contributed by atoms with Crippen LogP contribution in [0.15, 0.2) is 0 Å². The van der Waals surface area contributed by atoms with Crippen LogP contribution in [-0.4, -0.2) is 44.5 Å². The Balaban J connectivity index is 2.56. The number of piperidine rings is 1. The average Bonchev–Trinajstić information content (AvgIpc) is 2.34. The molecule has 1 amide bonds. The Hall–Kier alpha value is -0.460. The molecule has 4 unspecified atom stereocenters. The molecule has 1 rings (SSSR count). The first-order chi connectivity index (χ1) is 10.3. The lowest BCUT2D eigenvalue weighted by atomic mass is 9.87. The van der Waals surface area contributed by atoms with Crippen LogP contribution in [0.1, 0.15) is 68.2 Å². The molecule has 136 valence electrons. The Morgan fingerprint density at radius 3 is 2.30 bits per heavy atom. The molecule has 1 aliphatic rings. The van der Waals surface area contributed by atoms with E-state index in [-0.39, 0.29) is 22.9 Å². The maximum Gasteiger partial charge on any atom is 0.410 e. The van der Waals surface area contributed by atoms with Crippen molar-refractivity contribution in [3.8, 4) is 0 Å². The van der Waals surface area contributed by atoms with Gasteiger partial charge in [0.2, 0.25) is 0 Å². The van der Waals surface area contributed by atoms with Crippen LogP contribution in [0.25, 0.3) is 0 Å². The normalized spacial score (nSPS) is 25.9. The number of hydrogen-bond acceptors (Lipinski definition) is 4. The molecule has 0 radical (unpaired) electrons. The first-order valence-corrected chi connectivity index (χ1v) is 9.64. The second-order valence-corrected chi connectivity index (χ2v) is 10.6. The lowest BCUT2D eigenvalue weighted by Gasteiger charge is -2.40. The number of nitrogens with zero attached hydrogens (tertiary/aromatic N) is 1. The molecule has 1 saturated heterocycles. The molecule has 1 heterocycles. The minimum atomic E-state index is -1.07. The zero-order chi connectivity index (χ0) is 18.0. The molecule has 1 fully saturated rings. The van der Waals surface area contributed by atoms with E-state index in [2.05, 4.69) is 18.6 Å². The van der Waals surface area contributed by atoms with Crippen LogP contribution in [0.2, 0.25) is 0 Å². The van der Waals surface area contributed by atoms with Crippen LogP contribution in [0, 0.1) is 5.92 Å². The molecule has 0 bridgehead atoms. The number of carbonyl (C=O) groups excluding carboxylic acids is 1. The maximum absolute atomic E-state index is 12.2. The van der Waals surface area contributed by atoms with Crippen molar-refractivity contribution in [2.45, 2.75) is 90.7 Å². The van der Waals surface area contributed by atoms with Crippen molar-refractivity contribution in [1.82, 2.24) is 9.62 Å². The van der Waals surface area contributed by atoms with Crippen LogP contribution in [0.5, 0.6) is 0 Å². The van der Waals surface area contributed by atoms with E-state index in [0.717, 1.165) is 12.8 Å². The minimum absolute atomic E-state index is 0.135. The lowest BCUT2D eigenvalue weighted by Crippen LogP contribution is -2.52. The maximum atomic E-state index is 12.2. The summed E-state index contributed by atoms with van der Waals surface area (Å²) >= 11 is -1.07. The molecular weight excluding hydrogens is 312 g/mol. The smallest absolute Gasteiger partial charge is 0.410 e. The largest absolute Gasteiger partial charge is 0.598 e. The summed E-state index contributed by atoms with van der Waals surface area (Å²) in [6.07, 6.45) is 1.57. The van der Waals surface area contributed by atoms with Crippen LogP contribution in [-0.2, 0) is 16.1 Å². The van der Waals surface area contributed by atoms with Crippen molar-refractivity contribution in [2.75, 3.05) is 6.54 Å². The Morgan fingerprint density at radius 1 is 1.30 bits per heavy atom. The predicted molar refractivity (Wildman–Crippen MR) is 95.6 cm³/mol. The van der Waals surface area contributed by atoms with Crippen molar-refractivity contribution in [1.29, 1.82) is 0 Å². The van der Waals surface area contributed by atoms with E-state index in [0.29, 0.717) is 12.5 Å². The van der Waals surface area contributed by atoms with Gasteiger partial charge in [-0.05, 0) is 74.1 Å². The highest BCUT2D eigenvalue weighted by atomic mass is 32.2. The predicted octanol–water partition coefficient (Wildman–Crippen LogP) is 3.46. The Morgan fingerprint density at radius 2 is 1.87 bits per heavy atom. The van der Waals surface area contributed by atoms with Crippen molar-refractivity contribution in [3.05, 3.63) is 0 Å². The highest BCUT2D eigenvalue weighted by molar-refractivity contribution is 7.90. The second-order valence-electron chi connectivity index (χ2n) is 8.59. The third-order valence-corrected chi connectivity index (χ3v) is 5.80. The summed E-state index contributed by atoms with van der Waals surface area (Å²) in [5, 5.41) is 0. The van der Waals surface area contributed by atoms with Crippen LogP contribution in [0.3, 0.4) is 0 Å². The van der Waals surface area contributed by atoms with Crippen molar-refractivity contribution in [2.24, 2.45) is 5.92 Å². The number of carbonyl (C=O) groups is 1. The van der Waals surface area contributed by atoms with Crippen LogP contribution < -0.4 is 4.72 Å². The van der Waals surface area contributed by atoms with Gasteiger partial charge >= 0.3 is 6.09 Å². The summed E-state index contributed by atoms with van der Waals surface area (Å²) in [6.45, 7) is 16.4. The number of hydrogen-bond donors (Lipinski definition) is 1. The average molecular weight is 347 g/mol. The molecule has 5 nitrogen and oxygen atoms in total. The van der Waals surface area contributed by atoms with Crippen molar-refractivity contribution >= 4 is 17.5 Å². The summed E-state index contributed by atoms with van der Waals surface area (Å²) < 4.78 is 20.7. The van der Waals surface area contributed by atoms with Gasteiger partial charge in [0.15, 0.2) is 0 Å². The number of nitrogens with one attached hydrogen (secondary N) is 1. The third kappa shape index (κ3) is 6.51. The summed E-state index contributed by atoms with van der Waals surface area (Å²) in [6, 6.07) is 0.300. The first kappa shape index (κ1) is 20.6. The molecule has 0 aromatic rings. The topological polar surface area (TPSA) is 64.6 Å². The molecule has 6 heteroatoms. The van der Waals surface area contributed by atoms with Gasteiger partial charge in [-0.2, -0.15) is 0 Å². The first-order valence-electron chi connectivity index (χ1n) is 8.49. The van der Waals surface area contributed by atoms with Gasteiger partial charge in [0.1, 0.15) is 10.3 Å². The summed E-state index contributed by atoms with van der Waals surface area (Å²) in [7, 11) is 0. The second kappa shape index (κ2) is 7.62.